The van der Waals surface area contributed by atoms with Gasteiger partial charge in [-0.2, -0.15) is 5.10 Å². The van der Waals surface area contributed by atoms with Gasteiger partial charge in [0.15, 0.2) is 0 Å². The molecule has 0 saturated heterocycles. The molecular formula is C20H20N4O. The Bertz CT molecular complexity index is 936. The van der Waals surface area contributed by atoms with Crippen LogP contribution in [-0.4, -0.2) is 27.4 Å². The molecule has 0 bridgehead atoms. The van der Waals surface area contributed by atoms with E-state index in [1.165, 1.54) is 10.7 Å². The van der Waals surface area contributed by atoms with E-state index in [0.29, 0.717) is 23.5 Å². The molecule has 0 spiro atoms. The minimum atomic E-state index is -0.144. The third-order valence-corrected chi connectivity index (χ3v) is 4.05. The molecule has 0 unspecified atom stereocenters. The van der Waals surface area contributed by atoms with Crippen molar-refractivity contribution >= 4 is 11.3 Å². The predicted molar refractivity (Wildman–Crippen MR) is 100 cm³/mol. The lowest BCUT2D eigenvalue weighted by atomic mass is 9.96. The number of aromatic nitrogens is 2. The standard InChI is InChI=1S/C20H20N4O/c1-3-24-18(25)13-12-16(22-24)19(17-11-7-8-14-23(17)2)20(21)15-9-5-4-6-10-15/h4-14,21H,3H2,1-2H3/b19-17-,21-20?. The highest BCUT2D eigenvalue weighted by Crippen LogP contribution is 2.26. The van der Waals surface area contributed by atoms with Crippen LogP contribution in [-0.2, 0) is 6.54 Å². The van der Waals surface area contributed by atoms with Crippen molar-refractivity contribution in [1.29, 1.82) is 5.41 Å². The Morgan fingerprint density at radius 2 is 1.88 bits per heavy atom. The summed E-state index contributed by atoms with van der Waals surface area (Å²) in [6.07, 6.45) is 7.76. The second-order valence-electron chi connectivity index (χ2n) is 5.69. The van der Waals surface area contributed by atoms with Crippen molar-refractivity contribution < 1.29 is 0 Å². The van der Waals surface area contributed by atoms with Crippen LogP contribution >= 0.6 is 0 Å². The monoisotopic (exact) mass is 332 g/mol. The smallest absolute Gasteiger partial charge is 0.266 e. The van der Waals surface area contributed by atoms with Gasteiger partial charge in [-0.15, -0.1) is 0 Å². The first-order valence-electron chi connectivity index (χ1n) is 8.16. The fourth-order valence-corrected chi connectivity index (χ4v) is 2.73. The summed E-state index contributed by atoms with van der Waals surface area (Å²) >= 11 is 0. The summed E-state index contributed by atoms with van der Waals surface area (Å²) in [6.45, 7) is 2.36. The highest BCUT2D eigenvalue weighted by atomic mass is 16.1. The summed E-state index contributed by atoms with van der Waals surface area (Å²) in [6, 6.07) is 12.7. The predicted octanol–water partition coefficient (Wildman–Crippen LogP) is 3.06. The van der Waals surface area contributed by atoms with E-state index < -0.39 is 0 Å². The van der Waals surface area contributed by atoms with Crippen LogP contribution in [0.25, 0.3) is 5.57 Å². The summed E-state index contributed by atoms with van der Waals surface area (Å²) in [5.41, 5.74) is 3.20. The van der Waals surface area contributed by atoms with Crippen molar-refractivity contribution in [2.24, 2.45) is 0 Å². The number of allylic oxidation sites excluding steroid dienone is 4. The number of benzene rings is 1. The van der Waals surface area contributed by atoms with Crippen molar-refractivity contribution in [2.75, 3.05) is 7.05 Å². The van der Waals surface area contributed by atoms with E-state index in [4.69, 9.17) is 5.41 Å². The maximum Gasteiger partial charge on any atom is 0.266 e. The molecule has 25 heavy (non-hydrogen) atoms. The minimum absolute atomic E-state index is 0.144. The van der Waals surface area contributed by atoms with Crippen LogP contribution in [0.5, 0.6) is 0 Å². The van der Waals surface area contributed by atoms with E-state index >= 15 is 0 Å². The number of likely N-dealkylation sites (N-methyl/N-ethyl adjacent to an activating group) is 1. The highest BCUT2D eigenvalue weighted by Gasteiger charge is 2.19. The molecular weight excluding hydrogens is 312 g/mol. The van der Waals surface area contributed by atoms with Gasteiger partial charge < -0.3 is 4.90 Å². The molecule has 3 rings (SSSR count). The van der Waals surface area contributed by atoms with Crippen molar-refractivity contribution in [3.8, 4) is 0 Å². The third-order valence-electron chi connectivity index (χ3n) is 4.05. The second kappa shape index (κ2) is 7.13. The Hall–Kier alpha value is -3.21. The van der Waals surface area contributed by atoms with Gasteiger partial charge in [0.1, 0.15) is 0 Å². The number of hydrogen-bond donors (Lipinski definition) is 1. The summed E-state index contributed by atoms with van der Waals surface area (Å²) in [7, 11) is 1.93. The molecule has 2 heterocycles. The summed E-state index contributed by atoms with van der Waals surface area (Å²) in [5, 5.41) is 13.2. The van der Waals surface area contributed by atoms with Crippen LogP contribution in [0.3, 0.4) is 0 Å². The van der Waals surface area contributed by atoms with Gasteiger partial charge in [0.05, 0.1) is 22.7 Å². The van der Waals surface area contributed by atoms with Crippen molar-refractivity contribution in [3.63, 3.8) is 0 Å². The Balaban J connectivity index is 2.22. The van der Waals surface area contributed by atoms with Gasteiger partial charge in [-0.25, -0.2) is 4.68 Å². The maximum atomic E-state index is 11.9. The molecule has 1 aliphatic heterocycles. The highest BCUT2D eigenvalue weighted by molar-refractivity contribution is 6.30. The number of hydrogen-bond acceptors (Lipinski definition) is 4. The maximum absolute atomic E-state index is 11.9. The molecule has 2 aromatic rings. The lowest BCUT2D eigenvalue weighted by molar-refractivity contribution is 0.583. The fraction of sp³-hybridized carbons (Fsp3) is 0.150. The molecule has 0 saturated carbocycles. The first-order chi connectivity index (χ1) is 12.1. The zero-order valence-electron chi connectivity index (χ0n) is 14.3. The molecule has 1 N–H and O–H groups in total. The van der Waals surface area contributed by atoms with Gasteiger partial charge in [0, 0.05) is 31.4 Å². The fourth-order valence-electron chi connectivity index (χ4n) is 2.73. The molecule has 5 heteroatoms. The van der Waals surface area contributed by atoms with E-state index in [2.05, 4.69) is 5.10 Å². The number of rotatable bonds is 4. The molecule has 1 aromatic carbocycles. The summed E-state index contributed by atoms with van der Waals surface area (Å²) < 4.78 is 1.41. The topological polar surface area (TPSA) is 62.0 Å². The normalized spacial score (nSPS) is 15.4. The summed E-state index contributed by atoms with van der Waals surface area (Å²) in [4.78, 5) is 13.9. The quantitative estimate of drug-likeness (QED) is 0.875. The second-order valence-corrected chi connectivity index (χ2v) is 5.69. The molecule has 0 amide bonds. The van der Waals surface area contributed by atoms with E-state index in [1.54, 1.807) is 6.07 Å². The van der Waals surface area contributed by atoms with Crippen LogP contribution in [0, 0.1) is 5.41 Å². The average molecular weight is 332 g/mol. The third kappa shape index (κ3) is 3.35. The Kier molecular flexibility index (Phi) is 4.75. The van der Waals surface area contributed by atoms with Gasteiger partial charge in [0.2, 0.25) is 0 Å². The van der Waals surface area contributed by atoms with Crippen molar-refractivity contribution in [3.05, 3.63) is 94.2 Å². The molecule has 5 nitrogen and oxygen atoms in total. The Morgan fingerprint density at radius 1 is 1.12 bits per heavy atom. The molecule has 0 aliphatic carbocycles. The Morgan fingerprint density at radius 3 is 2.56 bits per heavy atom. The van der Waals surface area contributed by atoms with E-state index in [-0.39, 0.29) is 5.56 Å². The van der Waals surface area contributed by atoms with Crippen LogP contribution < -0.4 is 5.56 Å². The van der Waals surface area contributed by atoms with Crippen LogP contribution in [0.4, 0.5) is 0 Å². The average Bonchev–Trinajstić information content (AvgIpc) is 2.65. The molecule has 0 radical (unpaired) electrons. The largest absolute Gasteiger partial charge is 0.350 e. The van der Waals surface area contributed by atoms with Crippen molar-refractivity contribution in [1.82, 2.24) is 14.7 Å². The molecule has 1 aliphatic rings. The van der Waals surface area contributed by atoms with Gasteiger partial charge in [0.25, 0.3) is 5.56 Å². The molecule has 0 fully saturated rings. The Labute approximate surface area is 146 Å². The van der Waals surface area contributed by atoms with Crippen LogP contribution in [0.2, 0.25) is 0 Å². The number of nitrogens with zero attached hydrogens (tertiary/aromatic N) is 3. The number of nitrogens with one attached hydrogen (secondary N) is 1. The van der Waals surface area contributed by atoms with E-state index in [9.17, 15) is 4.79 Å². The van der Waals surface area contributed by atoms with Gasteiger partial charge >= 0.3 is 0 Å². The zero-order chi connectivity index (χ0) is 17.8. The zero-order valence-corrected chi connectivity index (χ0v) is 14.3. The van der Waals surface area contributed by atoms with E-state index in [0.717, 1.165) is 11.3 Å². The first-order valence-corrected chi connectivity index (χ1v) is 8.16. The van der Waals surface area contributed by atoms with Gasteiger partial charge in [-0.05, 0) is 25.1 Å². The summed E-state index contributed by atoms with van der Waals surface area (Å²) in [5.74, 6) is 0. The molecule has 0 atom stereocenters. The number of aryl methyl sites for hydroxylation is 1. The SMILES string of the molecule is CCn1nc(/C(C(=N)c2ccccc2)=C2\C=CC=CN2C)ccc1=O. The minimum Gasteiger partial charge on any atom is -0.350 e. The lowest BCUT2D eigenvalue weighted by Gasteiger charge is -2.23. The van der Waals surface area contributed by atoms with Crippen molar-refractivity contribution in [2.45, 2.75) is 13.5 Å². The molecule has 126 valence electrons. The first kappa shape index (κ1) is 16.6. The lowest BCUT2D eigenvalue weighted by Crippen LogP contribution is -2.24. The molecule has 1 aromatic heterocycles. The van der Waals surface area contributed by atoms with Gasteiger partial charge in [-0.3, -0.25) is 10.2 Å². The van der Waals surface area contributed by atoms with E-state index in [1.807, 2.05) is 73.6 Å². The van der Waals surface area contributed by atoms with Gasteiger partial charge in [-0.1, -0.05) is 36.4 Å². The van der Waals surface area contributed by atoms with Crippen LogP contribution in [0.15, 0.2) is 77.4 Å². The van der Waals surface area contributed by atoms with Crippen LogP contribution in [0.1, 0.15) is 18.2 Å².